The molecule has 0 aliphatic rings. The third-order valence-corrected chi connectivity index (χ3v) is 10.1. The quantitative estimate of drug-likeness (QED) is 0.0200. The molecule has 0 rings (SSSR count). The molecule has 0 radical (unpaired) electrons. The van der Waals surface area contributed by atoms with Gasteiger partial charge in [0.15, 0.2) is 6.10 Å². The fraction of sp³-hybridized carbons (Fsp3) is 0.569. The minimum atomic E-state index is -0.837. The molecule has 0 aliphatic carbocycles. The molecule has 0 N–H and O–H groups in total. The first-order chi connectivity index (χ1) is 31.5. The van der Waals surface area contributed by atoms with Crippen LogP contribution < -0.4 is 0 Å². The van der Waals surface area contributed by atoms with Crippen LogP contribution in [-0.2, 0) is 28.6 Å². The average molecular weight is 883 g/mol. The van der Waals surface area contributed by atoms with Crippen molar-refractivity contribution in [2.75, 3.05) is 13.2 Å². The van der Waals surface area contributed by atoms with Gasteiger partial charge in [-0.1, -0.05) is 231 Å². The van der Waals surface area contributed by atoms with Crippen molar-refractivity contribution in [3.05, 3.63) is 134 Å². The summed E-state index contributed by atoms with van der Waals surface area (Å²) >= 11 is 0. The largest absolute Gasteiger partial charge is 0.462 e. The topological polar surface area (TPSA) is 78.9 Å². The molecule has 0 heterocycles. The minimum absolute atomic E-state index is 0.127. The van der Waals surface area contributed by atoms with E-state index in [9.17, 15) is 14.4 Å². The highest BCUT2D eigenvalue weighted by molar-refractivity contribution is 5.71. The Morgan fingerprint density at radius 1 is 0.328 bits per heavy atom. The highest BCUT2D eigenvalue weighted by Crippen LogP contribution is 2.13. The van der Waals surface area contributed by atoms with Gasteiger partial charge < -0.3 is 14.2 Å². The number of carbonyl (C=O) groups excluding carboxylic acids is 3. The number of carbonyl (C=O) groups is 3. The number of hydrogen-bond donors (Lipinski definition) is 0. The third kappa shape index (κ3) is 48.6. The van der Waals surface area contributed by atoms with Gasteiger partial charge >= 0.3 is 17.9 Å². The van der Waals surface area contributed by atoms with Crippen LogP contribution in [0.1, 0.15) is 194 Å². The van der Waals surface area contributed by atoms with Crippen LogP contribution in [0.5, 0.6) is 0 Å². The standard InChI is InChI=1S/C58H90O6/c1-4-7-10-13-16-19-22-25-27-28-29-31-33-36-39-42-45-48-51-57(60)63-54-55(53-62-56(59)50-47-44-41-38-35-32-24-21-18-15-12-9-6-3)64-58(61)52-49-46-43-40-37-34-30-26-23-20-17-14-11-8-5-2/h8-9,11-12,14-15,17-18,20-21,23-24,26,29-32,34-35,37-38,41,55H,4-7,10,13,16,19,22,25,27-28,33,36,39-40,42-54H2,1-3H3/b11-8+,12-9+,17-14+,18-15+,23-20+,24-21+,30-26+,31-29+,35-32+,37-34+,41-38+. The van der Waals surface area contributed by atoms with Crippen LogP contribution in [0.4, 0.5) is 0 Å². The Morgan fingerprint density at radius 3 is 1.08 bits per heavy atom. The lowest BCUT2D eigenvalue weighted by atomic mass is 10.1. The average Bonchev–Trinajstić information content (AvgIpc) is 3.29. The molecule has 0 saturated carbocycles. The smallest absolute Gasteiger partial charge is 0.306 e. The highest BCUT2D eigenvalue weighted by Gasteiger charge is 2.19. The summed E-state index contributed by atoms with van der Waals surface area (Å²) in [6.45, 7) is 6.22. The summed E-state index contributed by atoms with van der Waals surface area (Å²) < 4.78 is 16.7. The van der Waals surface area contributed by atoms with Crippen molar-refractivity contribution >= 4 is 17.9 Å². The predicted octanol–water partition coefficient (Wildman–Crippen LogP) is 16.7. The molecule has 1 unspecified atom stereocenters. The van der Waals surface area contributed by atoms with Crippen molar-refractivity contribution in [3.8, 4) is 0 Å². The lowest BCUT2D eigenvalue weighted by Gasteiger charge is -2.18. The van der Waals surface area contributed by atoms with Gasteiger partial charge in [-0.05, 0) is 77.0 Å². The molecule has 0 bridgehead atoms. The van der Waals surface area contributed by atoms with Crippen molar-refractivity contribution in [1.29, 1.82) is 0 Å². The first kappa shape index (κ1) is 59.6. The Bertz CT molecular complexity index is 1430. The number of esters is 3. The van der Waals surface area contributed by atoms with Gasteiger partial charge in [0.05, 0.1) is 0 Å². The van der Waals surface area contributed by atoms with E-state index in [1.54, 1.807) is 0 Å². The Balaban J connectivity index is 4.57. The van der Waals surface area contributed by atoms with Crippen LogP contribution in [0.2, 0.25) is 0 Å². The van der Waals surface area contributed by atoms with Gasteiger partial charge in [0.2, 0.25) is 0 Å². The summed E-state index contributed by atoms with van der Waals surface area (Å²) in [6, 6.07) is 0. The Kier molecular flexibility index (Phi) is 47.6. The second kappa shape index (κ2) is 51.2. The van der Waals surface area contributed by atoms with E-state index < -0.39 is 6.10 Å². The van der Waals surface area contributed by atoms with Crippen LogP contribution >= 0.6 is 0 Å². The molecule has 358 valence electrons. The van der Waals surface area contributed by atoms with Crippen LogP contribution in [-0.4, -0.2) is 37.2 Å². The molecular weight excluding hydrogens is 793 g/mol. The fourth-order valence-corrected chi connectivity index (χ4v) is 6.37. The maximum absolute atomic E-state index is 12.8. The second-order valence-corrected chi connectivity index (χ2v) is 16.2. The summed E-state index contributed by atoms with van der Waals surface area (Å²) in [6.07, 6.45) is 71.6. The van der Waals surface area contributed by atoms with E-state index in [-0.39, 0.29) is 44.0 Å². The summed E-state index contributed by atoms with van der Waals surface area (Å²) in [5, 5.41) is 0. The van der Waals surface area contributed by atoms with Crippen molar-refractivity contribution in [1.82, 2.24) is 0 Å². The molecule has 0 aromatic rings. The predicted molar refractivity (Wildman–Crippen MR) is 274 cm³/mol. The van der Waals surface area contributed by atoms with Gasteiger partial charge in [-0.2, -0.15) is 0 Å². The molecule has 0 saturated heterocycles. The lowest BCUT2D eigenvalue weighted by Crippen LogP contribution is -2.30. The summed E-state index contributed by atoms with van der Waals surface area (Å²) in [4.78, 5) is 37.9. The van der Waals surface area contributed by atoms with Crippen LogP contribution in [0.3, 0.4) is 0 Å². The molecule has 0 spiro atoms. The number of rotatable bonds is 43. The Labute approximate surface area is 392 Å². The Hall–Kier alpha value is -4.45. The zero-order chi connectivity index (χ0) is 46.5. The van der Waals surface area contributed by atoms with E-state index >= 15 is 0 Å². The molecule has 0 aromatic heterocycles. The van der Waals surface area contributed by atoms with Crippen molar-refractivity contribution in [2.24, 2.45) is 0 Å². The lowest BCUT2D eigenvalue weighted by molar-refractivity contribution is -0.167. The van der Waals surface area contributed by atoms with Gasteiger partial charge in [0.1, 0.15) is 13.2 Å². The first-order valence-electron chi connectivity index (χ1n) is 25.3. The van der Waals surface area contributed by atoms with Crippen molar-refractivity contribution in [2.45, 2.75) is 200 Å². The molecule has 6 nitrogen and oxygen atoms in total. The summed E-state index contributed by atoms with van der Waals surface area (Å²) in [5.74, 6) is -1.07. The first-order valence-corrected chi connectivity index (χ1v) is 25.3. The number of allylic oxidation sites excluding steroid dienone is 22. The maximum Gasteiger partial charge on any atom is 0.306 e. The maximum atomic E-state index is 12.8. The molecule has 0 aromatic carbocycles. The fourth-order valence-electron chi connectivity index (χ4n) is 6.37. The normalized spacial score (nSPS) is 13.2. The summed E-state index contributed by atoms with van der Waals surface area (Å²) in [7, 11) is 0. The molecule has 0 aliphatic heterocycles. The van der Waals surface area contributed by atoms with Gasteiger partial charge in [-0.15, -0.1) is 0 Å². The third-order valence-electron chi connectivity index (χ3n) is 10.1. The van der Waals surface area contributed by atoms with Crippen molar-refractivity contribution in [3.63, 3.8) is 0 Å². The SMILES string of the molecule is CC/C=C/C=C/C=C/C=C/C=C/CCCCCC(=O)OC(COC(=O)CCC/C=C/C=C/C=C/C=C/C=C/CC)COC(=O)CCCCCCC/C=C/CCCCCCCCCCC. The van der Waals surface area contributed by atoms with E-state index in [1.807, 2.05) is 103 Å². The van der Waals surface area contributed by atoms with E-state index in [0.717, 1.165) is 70.6 Å². The number of hydrogen-bond acceptors (Lipinski definition) is 6. The molecule has 0 amide bonds. The molecule has 1 atom stereocenters. The van der Waals surface area contributed by atoms with Crippen LogP contribution in [0, 0.1) is 0 Å². The van der Waals surface area contributed by atoms with Gasteiger partial charge in [0.25, 0.3) is 0 Å². The second-order valence-electron chi connectivity index (χ2n) is 16.2. The summed E-state index contributed by atoms with van der Waals surface area (Å²) in [5.41, 5.74) is 0. The van der Waals surface area contributed by atoms with E-state index in [2.05, 4.69) is 51.2 Å². The number of unbranched alkanes of at least 4 members (excludes halogenated alkanes) is 18. The molecule has 64 heavy (non-hydrogen) atoms. The zero-order valence-corrected chi connectivity index (χ0v) is 40.7. The zero-order valence-electron chi connectivity index (χ0n) is 40.7. The minimum Gasteiger partial charge on any atom is -0.462 e. The van der Waals surface area contributed by atoms with Crippen LogP contribution in [0.25, 0.3) is 0 Å². The van der Waals surface area contributed by atoms with Gasteiger partial charge in [-0.25, -0.2) is 0 Å². The van der Waals surface area contributed by atoms with E-state index in [4.69, 9.17) is 14.2 Å². The van der Waals surface area contributed by atoms with Crippen LogP contribution in [0.15, 0.2) is 134 Å². The number of ether oxygens (including phenoxy) is 3. The van der Waals surface area contributed by atoms with E-state index in [1.165, 1.54) is 70.6 Å². The van der Waals surface area contributed by atoms with Gasteiger partial charge in [0, 0.05) is 19.3 Å². The molecule has 6 heteroatoms. The Morgan fingerprint density at radius 2 is 0.641 bits per heavy atom. The van der Waals surface area contributed by atoms with Crippen molar-refractivity contribution < 1.29 is 28.6 Å². The monoisotopic (exact) mass is 883 g/mol. The highest BCUT2D eigenvalue weighted by atomic mass is 16.6. The van der Waals surface area contributed by atoms with Gasteiger partial charge in [-0.3, -0.25) is 14.4 Å². The molecular formula is C58H90O6. The molecule has 0 fully saturated rings. The van der Waals surface area contributed by atoms with E-state index in [0.29, 0.717) is 19.3 Å².